The average molecular weight is 2090 g/mol. The molecular formula is C64H96Br5FN6O29S8. The standard InChI is InChI=1S/C20H35BrO8S2.C12H13BrN2O6S.C11H21BrO4S2.C8H8N2O5S.C6H3FN2O4.C4H6Br2O.C2H6OS.CH4S/c1-19(2,13-15(16(22)26-5)14-20(3,21)18(24)27-6)17(23)29-10-12-31-30-11-9-28-8-7-25-4;1-12(2,13)11(16)21-5-6-22-10-4-3-8(14(17)18)7-9(10)15(19)20;1-11(2,12)10(13)16-7-9-18-17-8-6-15-5-4-14-3;11-3-4-16-8-2-1-6(9(12)13)5-7(8)10(14)15;7-5-2-1-4(8(10)11)3-6(5)9(12)13;1-4(2,6)3(5)7;3-1-2-4;1-2/h15H,7-14H2,1-6H3;3-4,7H,5-6H2,1-2H3;4-9H2,1-3H3;1-2,5,11H,3-4H2;1-3H;1-2H3;3-4H,1-2H2;2H,1H3. The Labute approximate surface area is 731 Å². The molecule has 0 saturated carbocycles. The van der Waals surface area contributed by atoms with Crippen LogP contribution in [0.2, 0.25) is 0 Å². The van der Waals surface area contributed by atoms with E-state index in [1.165, 1.54) is 38.5 Å². The van der Waals surface area contributed by atoms with Crippen molar-refractivity contribution in [2.24, 2.45) is 11.3 Å². The number of carbonyl (C=O) groups excluding carboxylic acids is 6. The molecule has 0 fully saturated rings. The van der Waals surface area contributed by atoms with Gasteiger partial charge in [0.15, 0.2) is 0 Å². The number of hydrogen-bond acceptors (Lipinski definition) is 37. The van der Waals surface area contributed by atoms with Crippen molar-refractivity contribution in [1.29, 1.82) is 0 Å². The summed E-state index contributed by atoms with van der Waals surface area (Å²) < 4.78 is 55.3. The number of rotatable bonds is 44. The summed E-state index contributed by atoms with van der Waals surface area (Å²) in [7, 11) is 12.5. The largest absolute Gasteiger partial charge is 0.469 e. The maximum Gasteiger partial charge on any atom is 0.322 e. The number of halogens is 6. The van der Waals surface area contributed by atoms with Gasteiger partial charge in [-0.2, -0.15) is 29.6 Å². The number of carbonyl (C=O) groups is 6. The fourth-order valence-electron chi connectivity index (χ4n) is 6.61. The molecule has 0 aromatic heterocycles. The van der Waals surface area contributed by atoms with Gasteiger partial charge in [0.2, 0.25) is 10.5 Å². The molecule has 2 unspecified atom stereocenters. The minimum absolute atomic E-state index is 0.0278. The van der Waals surface area contributed by atoms with E-state index in [2.05, 4.69) is 105 Å². The molecule has 3 rings (SSSR count). The SMILES string of the molecule is CC(C)(Br)C(=O)Br.CC(C)(Br)C(=O)OCCSc1ccc([N+](=O)[O-])cc1[N+](=O)[O-].COCCOCCSSCCOC(=O)C(C)(C)Br.COCCOCCSSCCOC(=O)C(C)(C)CC(CC(C)(Br)C(=O)OC)C(=O)OC.CS.O=[N+]([O-])c1ccc(F)c([N+](=O)[O-])c1.O=[N+]([O-])c1ccc(SCCO)c([N+](=O)[O-])c1.OCCS. The van der Waals surface area contributed by atoms with Gasteiger partial charge < -0.3 is 52.8 Å². The normalized spacial score (nSPS) is 11.5. The maximum absolute atomic E-state index is 12.6. The Bertz CT molecular complexity index is 3370. The highest BCUT2D eigenvalue weighted by atomic mass is 79.9. The van der Waals surface area contributed by atoms with Crippen molar-refractivity contribution < 1.29 is 116 Å². The smallest absolute Gasteiger partial charge is 0.322 e. The second kappa shape index (κ2) is 66.8. The van der Waals surface area contributed by atoms with E-state index in [9.17, 15) is 93.8 Å². The molecule has 3 aromatic carbocycles. The van der Waals surface area contributed by atoms with Crippen molar-refractivity contribution in [3.63, 3.8) is 0 Å². The second-order valence-electron chi connectivity index (χ2n) is 23.1. The average Bonchev–Trinajstić information content (AvgIpc) is 0.842. The molecule has 646 valence electrons. The van der Waals surface area contributed by atoms with Crippen LogP contribution in [0.15, 0.2) is 64.4 Å². The molecular weight excluding hydrogens is 1990 g/mol. The monoisotopic (exact) mass is 2080 g/mol. The molecule has 0 saturated heterocycles. The summed E-state index contributed by atoms with van der Waals surface area (Å²) in [5.41, 5.74) is -3.64. The molecule has 0 aliphatic rings. The minimum atomic E-state index is -1.09. The van der Waals surface area contributed by atoms with Gasteiger partial charge in [0.25, 0.3) is 28.4 Å². The Morgan fingerprint density at radius 3 is 1.11 bits per heavy atom. The number of thiol groups is 2. The third-order valence-corrected chi connectivity index (χ3v) is 22.1. The van der Waals surface area contributed by atoms with E-state index in [0.717, 1.165) is 65.6 Å². The van der Waals surface area contributed by atoms with Gasteiger partial charge in [-0.1, -0.05) is 107 Å². The number of alkyl halides is 4. The molecule has 0 heterocycles. The van der Waals surface area contributed by atoms with Crippen molar-refractivity contribution in [1.82, 2.24) is 0 Å². The van der Waals surface area contributed by atoms with Crippen LogP contribution in [0.4, 0.5) is 38.5 Å². The van der Waals surface area contributed by atoms with E-state index < -0.39 is 99.2 Å². The first-order chi connectivity index (χ1) is 52.6. The van der Waals surface area contributed by atoms with Gasteiger partial charge in [0, 0.05) is 72.7 Å². The number of benzene rings is 3. The van der Waals surface area contributed by atoms with Crippen LogP contribution in [0.25, 0.3) is 0 Å². The van der Waals surface area contributed by atoms with Crippen LogP contribution in [0.3, 0.4) is 0 Å². The Balaban J connectivity index is -0.000000423. The van der Waals surface area contributed by atoms with Crippen LogP contribution < -0.4 is 0 Å². The Morgan fingerprint density at radius 1 is 0.460 bits per heavy atom. The number of aliphatic hydroxyl groups is 2. The molecule has 2 atom stereocenters. The molecule has 0 radical (unpaired) electrons. The number of aliphatic hydroxyl groups excluding tert-OH is 2. The van der Waals surface area contributed by atoms with Gasteiger partial charge >= 0.3 is 35.5 Å². The van der Waals surface area contributed by atoms with Gasteiger partial charge in [0.1, 0.15) is 32.8 Å². The fourth-order valence-corrected chi connectivity index (χ4v) is 12.4. The van der Waals surface area contributed by atoms with E-state index in [0.29, 0.717) is 79.7 Å². The van der Waals surface area contributed by atoms with Crippen molar-refractivity contribution in [2.45, 2.75) is 102 Å². The van der Waals surface area contributed by atoms with Crippen LogP contribution >= 0.6 is 172 Å². The van der Waals surface area contributed by atoms with E-state index in [-0.39, 0.29) is 77.6 Å². The second-order valence-corrected chi connectivity index (χ2v) is 39.7. The summed E-state index contributed by atoms with van der Waals surface area (Å²) in [4.78, 5) is 129. The van der Waals surface area contributed by atoms with E-state index >= 15 is 0 Å². The molecule has 0 bridgehead atoms. The van der Waals surface area contributed by atoms with Crippen LogP contribution in [0, 0.1) is 77.8 Å². The summed E-state index contributed by atoms with van der Waals surface area (Å²) in [6.45, 7) is 20.1. The van der Waals surface area contributed by atoms with Gasteiger partial charge in [-0.05, 0) is 116 Å². The molecule has 0 aliphatic carbocycles. The summed E-state index contributed by atoms with van der Waals surface area (Å²) >= 11 is 25.1. The van der Waals surface area contributed by atoms with Gasteiger partial charge in [-0.3, -0.25) is 89.5 Å². The summed E-state index contributed by atoms with van der Waals surface area (Å²) in [6, 6.07) is 8.99. The minimum Gasteiger partial charge on any atom is -0.469 e. The first kappa shape index (κ1) is 118. The van der Waals surface area contributed by atoms with Crippen LogP contribution in [0.1, 0.15) is 75.2 Å². The Kier molecular flexibility index (Phi) is 69.5. The Morgan fingerprint density at radius 2 is 0.796 bits per heavy atom. The summed E-state index contributed by atoms with van der Waals surface area (Å²) in [6.07, 6.45) is 2.00. The van der Waals surface area contributed by atoms with Crippen LogP contribution in [0.5, 0.6) is 0 Å². The van der Waals surface area contributed by atoms with Gasteiger partial charge in [-0.25, -0.2) is 0 Å². The van der Waals surface area contributed by atoms with Crippen molar-refractivity contribution in [2.75, 3.05) is 148 Å². The quantitative estimate of drug-likeness (QED) is 0.00390. The number of nitro groups is 6. The number of nitrogens with zero attached hydrogens (tertiary/aromatic N) is 6. The molecule has 0 amide bonds. The van der Waals surface area contributed by atoms with Crippen molar-refractivity contribution in [3.8, 4) is 0 Å². The summed E-state index contributed by atoms with van der Waals surface area (Å²) in [5.74, 6) is 0.542. The molecule has 3 aromatic rings. The van der Waals surface area contributed by atoms with E-state index in [1.807, 2.05) is 0 Å². The summed E-state index contributed by atoms with van der Waals surface area (Å²) in [5, 5.41) is 79.4. The lowest BCUT2D eigenvalue weighted by atomic mass is 9.79. The van der Waals surface area contributed by atoms with Crippen LogP contribution in [-0.2, 0) is 71.4 Å². The topological polar surface area (TPSA) is 485 Å². The highest BCUT2D eigenvalue weighted by Gasteiger charge is 2.42. The first-order valence-corrected chi connectivity index (χ1v) is 44.7. The number of esters is 5. The zero-order chi connectivity index (χ0) is 88.3. The third kappa shape index (κ3) is 59.3. The van der Waals surface area contributed by atoms with Gasteiger partial charge in [0.05, 0.1) is 140 Å². The lowest BCUT2D eigenvalue weighted by molar-refractivity contribution is -0.396. The van der Waals surface area contributed by atoms with Crippen molar-refractivity contribution in [3.05, 3.63) is 121 Å². The number of methoxy groups -OCH3 is 4. The molecule has 2 N–H and O–H groups in total. The zero-order valence-electron chi connectivity index (χ0n) is 64.1. The molecule has 0 aliphatic heterocycles. The fraction of sp³-hybridized carbons (Fsp3) is 0.625. The third-order valence-electron chi connectivity index (χ3n) is 12.0. The molecule has 113 heavy (non-hydrogen) atoms. The molecule has 0 spiro atoms. The highest BCUT2D eigenvalue weighted by molar-refractivity contribution is 9.20. The number of thioether (sulfide) groups is 2. The lowest BCUT2D eigenvalue weighted by Crippen LogP contribution is -2.38. The predicted molar refractivity (Wildman–Crippen MR) is 463 cm³/mol. The lowest BCUT2D eigenvalue weighted by Gasteiger charge is -2.30. The molecule has 35 nitrogen and oxygen atoms in total. The van der Waals surface area contributed by atoms with E-state index in [4.69, 9.17) is 52.8 Å². The molecule has 49 heteroatoms. The predicted octanol–water partition coefficient (Wildman–Crippen LogP) is 15.3. The number of non-ortho nitro benzene ring substituents is 3. The number of ether oxygens (including phenoxy) is 9. The zero-order valence-corrected chi connectivity index (χ0v) is 78.7. The van der Waals surface area contributed by atoms with Gasteiger partial charge in [-0.15, -0.1) is 23.5 Å². The number of hydrogen-bond donors (Lipinski definition) is 4. The van der Waals surface area contributed by atoms with Crippen molar-refractivity contribution >= 4 is 240 Å². The Hall–Kier alpha value is -4.03. The van der Waals surface area contributed by atoms with Crippen LogP contribution in [-0.4, -0.2) is 239 Å². The first-order valence-electron chi connectivity index (χ1n) is 32.3. The van der Waals surface area contributed by atoms with E-state index in [1.54, 1.807) is 126 Å². The highest BCUT2D eigenvalue weighted by Crippen LogP contribution is 2.38. The maximum atomic E-state index is 12.6. The number of nitro benzene ring substituents is 6.